The number of benzene rings is 3. The summed E-state index contributed by atoms with van der Waals surface area (Å²) >= 11 is 0. The van der Waals surface area contributed by atoms with Crippen molar-refractivity contribution in [1.82, 2.24) is 5.32 Å². The largest absolute Gasteiger partial charge is 0.513 e. The fraction of sp³-hybridized carbons (Fsp3) is 0.192. The summed E-state index contributed by atoms with van der Waals surface area (Å²) in [5.41, 5.74) is 3.17. The van der Waals surface area contributed by atoms with Crippen molar-refractivity contribution in [2.45, 2.75) is 26.3 Å². The number of nitrogens with one attached hydrogen (secondary N) is 2. The lowest BCUT2D eigenvalue weighted by Gasteiger charge is -2.09. The molecule has 0 aliphatic heterocycles. The molecule has 0 fully saturated rings. The number of carbonyl (C=O) groups excluding carboxylic acids is 3. The Balaban J connectivity index is 1.43. The maximum Gasteiger partial charge on any atom is 0.513 e. The molecule has 0 saturated carbocycles. The molecule has 0 aliphatic rings. The second-order valence-electron chi connectivity index (χ2n) is 7.22. The van der Waals surface area contributed by atoms with Crippen molar-refractivity contribution in [3.05, 3.63) is 95.6 Å². The van der Waals surface area contributed by atoms with Crippen LogP contribution in [0.3, 0.4) is 0 Å². The third kappa shape index (κ3) is 7.81. The van der Waals surface area contributed by atoms with Gasteiger partial charge in [-0.1, -0.05) is 42.5 Å². The minimum Gasteiger partial charge on any atom is -0.434 e. The molecule has 0 saturated heterocycles. The molecule has 0 heterocycles. The minimum atomic E-state index is -0.787. The molecule has 0 aliphatic carbocycles. The predicted octanol–water partition coefficient (Wildman–Crippen LogP) is 4.72. The molecule has 7 heteroatoms. The predicted molar refractivity (Wildman–Crippen MR) is 125 cm³/mol. The minimum absolute atomic E-state index is 0.0460. The van der Waals surface area contributed by atoms with Crippen molar-refractivity contribution in [3.63, 3.8) is 0 Å². The Labute approximate surface area is 192 Å². The van der Waals surface area contributed by atoms with Gasteiger partial charge in [-0.25, -0.2) is 4.79 Å². The molecule has 2 N–H and O–H groups in total. The summed E-state index contributed by atoms with van der Waals surface area (Å²) in [7, 11) is 0. The van der Waals surface area contributed by atoms with Crippen molar-refractivity contribution in [2.24, 2.45) is 0 Å². The van der Waals surface area contributed by atoms with Crippen LogP contribution in [-0.4, -0.2) is 24.6 Å². The number of amides is 2. The number of hydrogen-bond acceptors (Lipinski definition) is 5. The quantitative estimate of drug-likeness (QED) is 0.366. The van der Waals surface area contributed by atoms with E-state index < -0.39 is 6.16 Å². The van der Waals surface area contributed by atoms with Crippen LogP contribution in [0.15, 0.2) is 78.9 Å². The highest BCUT2D eigenvalue weighted by molar-refractivity contribution is 5.94. The van der Waals surface area contributed by atoms with Crippen LogP contribution in [0, 0.1) is 0 Å². The lowest BCUT2D eigenvalue weighted by atomic mass is 10.1. The Bertz CT molecular complexity index is 1060. The van der Waals surface area contributed by atoms with E-state index in [1.165, 1.54) is 12.1 Å². The van der Waals surface area contributed by atoms with Gasteiger partial charge in [0, 0.05) is 24.2 Å². The Hall–Kier alpha value is -4.13. The van der Waals surface area contributed by atoms with Gasteiger partial charge in [-0.05, 0) is 60.9 Å². The van der Waals surface area contributed by atoms with E-state index >= 15 is 0 Å². The van der Waals surface area contributed by atoms with E-state index in [9.17, 15) is 14.4 Å². The lowest BCUT2D eigenvalue weighted by molar-refractivity contribution is -0.116. The number of anilines is 1. The summed E-state index contributed by atoms with van der Waals surface area (Å²) in [6.07, 6.45) is 0.309. The first kappa shape index (κ1) is 23.5. The first-order chi connectivity index (χ1) is 16.0. The molecule has 0 bridgehead atoms. The number of rotatable bonds is 9. The number of aryl methyl sites for hydroxylation is 1. The molecule has 170 valence electrons. The highest BCUT2D eigenvalue weighted by atomic mass is 16.7. The van der Waals surface area contributed by atoms with Crippen LogP contribution in [0.2, 0.25) is 0 Å². The smallest absolute Gasteiger partial charge is 0.434 e. The molecule has 0 unspecified atom stereocenters. The average Bonchev–Trinajstić information content (AvgIpc) is 2.83. The summed E-state index contributed by atoms with van der Waals surface area (Å²) < 4.78 is 9.68. The zero-order chi connectivity index (χ0) is 23.5. The zero-order valence-electron chi connectivity index (χ0n) is 18.4. The fourth-order valence-corrected chi connectivity index (χ4v) is 3.03. The molecule has 3 aromatic rings. The van der Waals surface area contributed by atoms with Gasteiger partial charge < -0.3 is 20.1 Å². The van der Waals surface area contributed by atoms with E-state index in [1.807, 2.05) is 54.6 Å². The van der Waals surface area contributed by atoms with Crippen LogP contribution in [0.4, 0.5) is 10.5 Å². The number of ether oxygens (including phenoxy) is 2. The van der Waals surface area contributed by atoms with Gasteiger partial charge >= 0.3 is 6.16 Å². The number of hydrogen-bond donors (Lipinski definition) is 2. The van der Waals surface area contributed by atoms with Gasteiger partial charge in [-0.3, -0.25) is 9.59 Å². The maximum absolute atomic E-state index is 12.4. The van der Waals surface area contributed by atoms with Crippen molar-refractivity contribution >= 4 is 23.7 Å². The highest BCUT2D eigenvalue weighted by Crippen LogP contribution is 2.14. The first-order valence-electron chi connectivity index (χ1n) is 10.7. The Morgan fingerprint density at radius 3 is 2.18 bits per heavy atom. The van der Waals surface area contributed by atoms with Crippen LogP contribution in [0.5, 0.6) is 5.75 Å². The molecule has 7 nitrogen and oxygen atoms in total. The van der Waals surface area contributed by atoms with Gasteiger partial charge in [0.15, 0.2) is 0 Å². The van der Waals surface area contributed by atoms with E-state index in [-0.39, 0.29) is 18.4 Å². The van der Waals surface area contributed by atoms with Crippen molar-refractivity contribution < 1.29 is 23.9 Å². The first-order valence-corrected chi connectivity index (χ1v) is 10.7. The lowest BCUT2D eigenvalue weighted by Crippen LogP contribution is -2.22. The Morgan fingerprint density at radius 2 is 1.52 bits per heavy atom. The van der Waals surface area contributed by atoms with Gasteiger partial charge in [0.2, 0.25) is 5.91 Å². The molecular formula is C26H26N2O5. The second-order valence-corrected chi connectivity index (χ2v) is 7.22. The summed E-state index contributed by atoms with van der Waals surface area (Å²) in [6.45, 7) is 2.24. The van der Waals surface area contributed by atoms with Gasteiger partial charge in [-0.15, -0.1) is 0 Å². The molecule has 3 rings (SSSR count). The van der Waals surface area contributed by atoms with Crippen LogP contribution in [-0.2, 0) is 22.5 Å². The molecular weight excluding hydrogens is 420 g/mol. The van der Waals surface area contributed by atoms with E-state index in [4.69, 9.17) is 9.47 Å². The molecule has 3 aromatic carbocycles. The SMILES string of the molecule is CCOC(=O)Oc1ccc(C(=O)NCc2ccc(NC(=O)CCc3ccccc3)cc2)cc1. The molecule has 0 atom stereocenters. The van der Waals surface area contributed by atoms with Crippen LogP contribution >= 0.6 is 0 Å². The van der Waals surface area contributed by atoms with Gasteiger partial charge in [0.05, 0.1) is 6.61 Å². The van der Waals surface area contributed by atoms with Crippen molar-refractivity contribution in [3.8, 4) is 5.75 Å². The van der Waals surface area contributed by atoms with Gasteiger partial charge in [0.1, 0.15) is 5.75 Å². The standard InChI is InChI=1S/C26H26N2O5/c1-2-32-26(31)33-23-15-11-21(12-16-23)25(30)27-18-20-8-13-22(14-9-20)28-24(29)17-10-19-6-4-3-5-7-19/h3-9,11-16H,2,10,17-18H2,1H3,(H,27,30)(H,28,29). The zero-order valence-corrected chi connectivity index (χ0v) is 18.4. The third-order valence-electron chi connectivity index (χ3n) is 4.75. The Morgan fingerprint density at radius 1 is 0.818 bits per heavy atom. The van der Waals surface area contributed by atoms with E-state index in [0.717, 1.165) is 11.1 Å². The number of carbonyl (C=O) groups is 3. The fourth-order valence-electron chi connectivity index (χ4n) is 3.03. The molecule has 0 aromatic heterocycles. The molecule has 0 radical (unpaired) electrons. The highest BCUT2D eigenvalue weighted by Gasteiger charge is 2.09. The third-order valence-corrected chi connectivity index (χ3v) is 4.75. The summed E-state index contributed by atoms with van der Waals surface area (Å²) in [5.74, 6) is -0.00216. The van der Waals surface area contributed by atoms with Crippen LogP contribution < -0.4 is 15.4 Å². The van der Waals surface area contributed by atoms with E-state index in [1.54, 1.807) is 19.1 Å². The van der Waals surface area contributed by atoms with E-state index in [2.05, 4.69) is 10.6 Å². The van der Waals surface area contributed by atoms with Crippen LogP contribution in [0.1, 0.15) is 34.8 Å². The van der Waals surface area contributed by atoms with Crippen LogP contribution in [0.25, 0.3) is 0 Å². The summed E-state index contributed by atoms with van der Waals surface area (Å²) in [4.78, 5) is 35.8. The van der Waals surface area contributed by atoms with Crippen molar-refractivity contribution in [1.29, 1.82) is 0 Å². The second kappa shape index (κ2) is 12.0. The Kier molecular flexibility index (Phi) is 8.59. The maximum atomic E-state index is 12.4. The normalized spacial score (nSPS) is 10.2. The average molecular weight is 447 g/mol. The monoisotopic (exact) mass is 446 g/mol. The van der Waals surface area contributed by atoms with E-state index in [0.29, 0.717) is 36.4 Å². The van der Waals surface area contributed by atoms with Gasteiger partial charge in [0.25, 0.3) is 5.91 Å². The summed E-state index contributed by atoms with van der Waals surface area (Å²) in [5, 5.41) is 5.72. The molecule has 33 heavy (non-hydrogen) atoms. The molecule has 2 amide bonds. The van der Waals surface area contributed by atoms with Gasteiger partial charge in [-0.2, -0.15) is 0 Å². The van der Waals surface area contributed by atoms with Crippen molar-refractivity contribution in [2.75, 3.05) is 11.9 Å². The summed E-state index contributed by atoms with van der Waals surface area (Å²) in [6, 6.07) is 23.4. The molecule has 0 spiro atoms. The topological polar surface area (TPSA) is 93.7 Å².